The summed E-state index contributed by atoms with van der Waals surface area (Å²) in [5.41, 5.74) is 6.90. The molecule has 0 spiro atoms. The van der Waals surface area contributed by atoms with Crippen LogP contribution in [0, 0.1) is 11.8 Å². The van der Waals surface area contributed by atoms with Gasteiger partial charge in [0.15, 0.2) is 0 Å². The zero-order valence-corrected chi connectivity index (χ0v) is 7.13. The van der Waals surface area contributed by atoms with E-state index in [4.69, 9.17) is 0 Å². The molecule has 1 radical (unpaired) electrons. The number of nitrogens with zero attached hydrogens (tertiary/aromatic N) is 1. The number of hydrogen-bond acceptors (Lipinski definition) is 2. The maximum atomic E-state index is 11.4. The molecule has 1 aliphatic heterocycles. The largest absolute Gasteiger partial charge is 0.299 e. The molecule has 11 heavy (non-hydrogen) atoms. The minimum Gasteiger partial charge on any atom is -0.299 e. The molecule has 0 aliphatic carbocycles. The van der Waals surface area contributed by atoms with Gasteiger partial charge in [-0.25, -0.2) is 5.43 Å². The number of nitrogens with one attached hydrogen (secondary N) is 1. The lowest BCUT2D eigenvalue weighted by atomic mass is 9.90. The van der Waals surface area contributed by atoms with Crippen LogP contribution in [0.5, 0.6) is 0 Å². The van der Waals surface area contributed by atoms with Crippen LogP contribution >= 0.6 is 0 Å². The van der Waals surface area contributed by atoms with Gasteiger partial charge in [0, 0.05) is 25.4 Å². The fraction of sp³-hybridized carbons (Fsp3) is 0.875. The molecule has 0 aromatic rings. The first kappa shape index (κ1) is 8.68. The summed E-state index contributed by atoms with van der Waals surface area (Å²) in [7, 11) is 0. The van der Waals surface area contributed by atoms with E-state index in [-0.39, 0.29) is 5.92 Å². The normalized spacial score (nSPS) is 27.2. The SMILES string of the molecule is CC(C)C1CN[N]CCC1=O. The maximum absolute atomic E-state index is 11.4. The third kappa shape index (κ3) is 2.27. The van der Waals surface area contributed by atoms with Crippen molar-refractivity contribution < 1.29 is 4.79 Å². The molecule has 3 heteroatoms. The van der Waals surface area contributed by atoms with Crippen LogP contribution in [0.1, 0.15) is 20.3 Å². The highest BCUT2D eigenvalue weighted by molar-refractivity contribution is 5.81. The Bertz CT molecular complexity index is 145. The van der Waals surface area contributed by atoms with Crippen molar-refractivity contribution in [2.75, 3.05) is 13.1 Å². The molecule has 63 valence electrons. The van der Waals surface area contributed by atoms with Gasteiger partial charge in [0.2, 0.25) is 0 Å². The van der Waals surface area contributed by atoms with Crippen LogP contribution in [0.25, 0.3) is 0 Å². The van der Waals surface area contributed by atoms with E-state index in [2.05, 4.69) is 24.7 Å². The van der Waals surface area contributed by atoms with Gasteiger partial charge < -0.3 is 0 Å². The summed E-state index contributed by atoms with van der Waals surface area (Å²) in [4.78, 5) is 11.4. The van der Waals surface area contributed by atoms with E-state index in [1.54, 1.807) is 0 Å². The zero-order chi connectivity index (χ0) is 8.27. The summed E-state index contributed by atoms with van der Waals surface area (Å²) in [6.07, 6.45) is 0.607. The monoisotopic (exact) mass is 155 g/mol. The summed E-state index contributed by atoms with van der Waals surface area (Å²) in [6.45, 7) is 5.52. The minimum atomic E-state index is 0.168. The Morgan fingerprint density at radius 2 is 2.36 bits per heavy atom. The molecular formula is C8H15N2O. The standard InChI is InChI=1S/C8H15N2O/c1-6(2)7-5-10-9-4-3-8(7)11/h6-7,10H,3-5H2,1-2H3. The molecule has 0 amide bonds. The predicted octanol–water partition coefficient (Wildman–Crippen LogP) is 0.340. The van der Waals surface area contributed by atoms with Gasteiger partial charge in [0.05, 0.1) is 0 Å². The van der Waals surface area contributed by atoms with Gasteiger partial charge >= 0.3 is 0 Å². The molecule has 3 nitrogen and oxygen atoms in total. The number of rotatable bonds is 1. The lowest BCUT2D eigenvalue weighted by molar-refractivity contribution is -0.123. The van der Waals surface area contributed by atoms with Crippen molar-refractivity contribution in [3.05, 3.63) is 0 Å². The summed E-state index contributed by atoms with van der Waals surface area (Å²) >= 11 is 0. The van der Waals surface area contributed by atoms with E-state index in [0.29, 0.717) is 24.7 Å². The molecule has 0 aromatic carbocycles. The number of carbonyl (C=O) groups is 1. The average molecular weight is 155 g/mol. The van der Waals surface area contributed by atoms with Crippen molar-refractivity contribution in [1.82, 2.24) is 10.9 Å². The fourth-order valence-corrected chi connectivity index (χ4v) is 1.31. The Morgan fingerprint density at radius 3 is 3.00 bits per heavy atom. The summed E-state index contributed by atoms with van der Waals surface area (Å²) in [5, 5.41) is 0. The maximum Gasteiger partial charge on any atom is 0.138 e. The zero-order valence-electron chi connectivity index (χ0n) is 7.13. The van der Waals surface area contributed by atoms with Crippen LogP contribution in [0.3, 0.4) is 0 Å². The summed E-state index contributed by atoms with van der Waals surface area (Å²) in [6, 6.07) is 0. The van der Waals surface area contributed by atoms with Gasteiger partial charge in [-0.05, 0) is 5.92 Å². The molecule has 1 aliphatic rings. The van der Waals surface area contributed by atoms with Crippen molar-refractivity contribution in [2.45, 2.75) is 20.3 Å². The van der Waals surface area contributed by atoms with Crippen molar-refractivity contribution in [3.63, 3.8) is 0 Å². The van der Waals surface area contributed by atoms with E-state index >= 15 is 0 Å². The quantitative estimate of drug-likeness (QED) is 0.593. The molecule has 1 fully saturated rings. The Morgan fingerprint density at radius 1 is 1.64 bits per heavy atom. The first-order valence-electron chi connectivity index (χ1n) is 4.14. The highest BCUT2D eigenvalue weighted by Crippen LogP contribution is 2.13. The van der Waals surface area contributed by atoms with Crippen molar-refractivity contribution in [1.29, 1.82) is 0 Å². The van der Waals surface area contributed by atoms with Crippen LogP contribution in [0.15, 0.2) is 0 Å². The van der Waals surface area contributed by atoms with Crippen LogP contribution in [0.4, 0.5) is 0 Å². The van der Waals surface area contributed by atoms with Crippen molar-refractivity contribution in [2.24, 2.45) is 11.8 Å². The van der Waals surface area contributed by atoms with E-state index in [1.807, 2.05) is 0 Å². The lowest BCUT2D eigenvalue weighted by Gasteiger charge is -2.15. The molecule has 0 bridgehead atoms. The number of ketones is 1. The Kier molecular flexibility index (Phi) is 3.02. The second-order valence-electron chi connectivity index (χ2n) is 3.31. The summed E-state index contributed by atoms with van der Waals surface area (Å²) < 4.78 is 0. The Hall–Kier alpha value is -0.410. The van der Waals surface area contributed by atoms with Gasteiger partial charge in [-0.1, -0.05) is 13.8 Å². The highest BCUT2D eigenvalue weighted by Gasteiger charge is 2.23. The van der Waals surface area contributed by atoms with Gasteiger partial charge in [0.1, 0.15) is 5.78 Å². The van der Waals surface area contributed by atoms with E-state index in [0.717, 1.165) is 6.54 Å². The third-order valence-electron chi connectivity index (χ3n) is 2.11. The second kappa shape index (κ2) is 3.83. The fourth-order valence-electron chi connectivity index (χ4n) is 1.31. The molecule has 1 N–H and O–H groups in total. The van der Waals surface area contributed by atoms with E-state index < -0.39 is 0 Å². The minimum absolute atomic E-state index is 0.168. The molecule has 1 heterocycles. The molecule has 1 saturated heterocycles. The molecule has 1 unspecified atom stereocenters. The van der Waals surface area contributed by atoms with Crippen LogP contribution in [0.2, 0.25) is 0 Å². The number of carbonyl (C=O) groups excluding carboxylic acids is 1. The smallest absolute Gasteiger partial charge is 0.138 e. The lowest BCUT2D eigenvalue weighted by Crippen LogP contribution is -2.31. The van der Waals surface area contributed by atoms with E-state index in [9.17, 15) is 4.79 Å². The van der Waals surface area contributed by atoms with Gasteiger partial charge in [-0.3, -0.25) is 4.79 Å². The number of Topliss-reactive ketones (excluding diaryl/α,β-unsaturated/α-hetero) is 1. The van der Waals surface area contributed by atoms with Gasteiger partial charge in [-0.2, -0.15) is 5.43 Å². The first-order valence-corrected chi connectivity index (χ1v) is 4.14. The van der Waals surface area contributed by atoms with E-state index in [1.165, 1.54) is 0 Å². The highest BCUT2D eigenvalue weighted by atomic mass is 16.1. The third-order valence-corrected chi connectivity index (χ3v) is 2.11. The van der Waals surface area contributed by atoms with Crippen molar-refractivity contribution in [3.8, 4) is 0 Å². The molecular weight excluding hydrogens is 140 g/mol. The number of hydrogen-bond donors (Lipinski definition) is 1. The van der Waals surface area contributed by atoms with Crippen LogP contribution < -0.4 is 10.9 Å². The molecule has 0 saturated carbocycles. The summed E-state index contributed by atoms with van der Waals surface area (Å²) in [5.74, 6) is 0.957. The second-order valence-corrected chi connectivity index (χ2v) is 3.31. The molecule has 1 atom stereocenters. The van der Waals surface area contributed by atoms with Gasteiger partial charge in [-0.15, -0.1) is 0 Å². The van der Waals surface area contributed by atoms with Crippen LogP contribution in [-0.2, 0) is 4.79 Å². The Balaban J connectivity index is 2.52. The molecule has 0 aromatic heterocycles. The van der Waals surface area contributed by atoms with Gasteiger partial charge in [0.25, 0.3) is 0 Å². The predicted molar refractivity (Wildman–Crippen MR) is 43.0 cm³/mol. The topological polar surface area (TPSA) is 43.2 Å². The molecule has 1 rings (SSSR count). The van der Waals surface area contributed by atoms with Crippen molar-refractivity contribution >= 4 is 5.78 Å². The Labute approximate surface area is 67.5 Å². The van der Waals surface area contributed by atoms with Crippen LogP contribution in [-0.4, -0.2) is 18.9 Å². The average Bonchev–Trinajstić information content (AvgIpc) is 2.13. The first-order chi connectivity index (χ1) is 5.22.